The van der Waals surface area contributed by atoms with E-state index in [1.807, 2.05) is 20.8 Å². The molecule has 1 atom stereocenters. The third kappa shape index (κ3) is 5.20. The third-order valence-electron chi connectivity index (χ3n) is 4.07. The number of amides is 2. The van der Waals surface area contributed by atoms with Gasteiger partial charge in [0.15, 0.2) is 5.69 Å². The second-order valence-electron chi connectivity index (χ2n) is 7.64. The van der Waals surface area contributed by atoms with E-state index in [0.717, 1.165) is 11.5 Å². The van der Waals surface area contributed by atoms with E-state index in [1.54, 1.807) is 30.3 Å². The molecule has 0 aliphatic rings. The summed E-state index contributed by atoms with van der Waals surface area (Å²) in [7, 11) is 0. The summed E-state index contributed by atoms with van der Waals surface area (Å²) in [6.07, 6.45) is 0. The number of halogens is 2. The zero-order valence-corrected chi connectivity index (χ0v) is 18.2. The van der Waals surface area contributed by atoms with Crippen molar-refractivity contribution in [1.82, 2.24) is 14.9 Å². The second kappa shape index (κ2) is 8.89. The molecule has 156 valence electrons. The average Bonchev–Trinajstić information content (AvgIpc) is 3.20. The highest BCUT2D eigenvalue weighted by atomic mass is 35.5. The number of carbonyl (C=O) groups excluding carboxylic acids is 2. The van der Waals surface area contributed by atoms with Gasteiger partial charge in [-0.3, -0.25) is 14.5 Å². The Morgan fingerprint density at radius 3 is 2.43 bits per heavy atom. The molecule has 0 saturated carbocycles. The van der Waals surface area contributed by atoms with Crippen molar-refractivity contribution in [2.45, 2.75) is 32.4 Å². The van der Waals surface area contributed by atoms with Gasteiger partial charge in [-0.05, 0) is 68.2 Å². The van der Waals surface area contributed by atoms with Crippen molar-refractivity contribution in [3.8, 4) is 0 Å². The van der Waals surface area contributed by atoms with Crippen LogP contribution in [-0.2, 0) is 4.79 Å². The fourth-order valence-corrected chi connectivity index (χ4v) is 3.45. The number of nitrogens with zero attached hydrogens (tertiary/aromatic N) is 3. The molecule has 0 bridgehead atoms. The van der Waals surface area contributed by atoms with Crippen LogP contribution in [0.2, 0.25) is 5.02 Å². The lowest BCUT2D eigenvalue weighted by molar-refractivity contribution is -0.123. The topological polar surface area (TPSA) is 75.2 Å². The number of anilines is 1. The van der Waals surface area contributed by atoms with E-state index >= 15 is 0 Å². The first-order valence-corrected chi connectivity index (χ1v) is 10.3. The van der Waals surface area contributed by atoms with Gasteiger partial charge in [-0.15, -0.1) is 5.10 Å². The summed E-state index contributed by atoms with van der Waals surface area (Å²) < 4.78 is 17.8. The number of nitrogens with one attached hydrogen (secondary N) is 1. The van der Waals surface area contributed by atoms with Gasteiger partial charge in [0.05, 0.1) is 0 Å². The Labute approximate surface area is 182 Å². The quantitative estimate of drug-likeness (QED) is 0.619. The summed E-state index contributed by atoms with van der Waals surface area (Å²) in [5.74, 6) is -1.53. The summed E-state index contributed by atoms with van der Waals surface area (Å²) in [4.78, 5) is 28.0. The zero-order valence-electron chi connectivity index (χ0n) is 16.6. The minimum atomic E-state index is -1.09. The van der Waals surface area contributed by atoms with Crippen LogP contribution in [0.25, 0.3) is 0 Å². The van der Waals surface area contributed by atoms with E-state index in [1.165, 1.54) is 28.5 Å². The molecule has 3 aromatic rings. The van der Waals surface area contributed by atoms with Gasteiger partial charge in [0.1, 0.15) is 11.9 Å². The smallest absolute Gasteiger partial charge is 0.280 e. The summed E-state index contributed by atoms with van der Waals surface area (Å²) in [5.41, 5.74) is 0.242. The van der Waals surface area contributed by atoms with Crippen molar-refractivity contribution in [1.29, 1.82) is 0 Å². The Balaban J connectivity index is 2.18. The molecule has 30 heavy (non-hydrogen) atoms. The molecule has 0 radical (unpaired) electrons. The highest BCUT2D eigenvalue weighted by molar-refractivity contribution is 7.03. The molecule has 0 spiro atoms. The molecular weight excluding hydrogens is 427 g/mol. The summed E-state index contributed by atoms with van der Waals surface area (Å²) in [6.45, 7) is 5.51. The van der Waals surface area contributed by atoms with Gasteiger partial charge in [0.2, 0.25) is 5.91 Å². The van der Waals surface area contributed by atoms with Gasteiger partial charge < -0.3 is 5.32 Å². The van der Waals surface area contributed by atoms with E-state index in [9.17, 15) is 14.0 Å². The average molecular weight is 447 g/mol. The molecular formula is C21H20ClFN4O2S. The number of carbonyl (C=O) groups is 2. The van der Waals surface area contributed by atoms with Crippen LogP contribution in [0.3, 0.4) is 0 Å². The SMILES string of the molecule is CC(C)(C)NC(=O)[C@H](c1ccc(Cl)cc1)N(C(=O)c1csnn1)c1cccc(F)c1. The van der Waals surface area contributed by atoms with E-state index in [-0.39, 0.29) is 11.4 Å². The zero-order chi connectivity index (χ0) is 21.9. The van der Waals surface area contributed by atoms with Gasteiger partial charge in [0.25, 0.3) is 5.91 Å². The van der Waals surface area contributed by atoms with Crippen LogP contribution < -0.4 is 10.2 Å². The minimum absolute atomic E-state index is 0.0618. The Bertz CT molecular complexity index is 1040. The second-order valence-corrected chi connectivity index (χ2v) is 8.68. The Morgan fingerprint density at radius 2 is 1.87 bits per heavy atom. The highest BCUT2D eigenvalue weighted by Gasteiger charge is 2.36. The first-order chi connectivity index (χ1) is 14.2. The van der Waals surface area contributed by atoms with Crippen LogP contribution in [0.1, 0.15) is 42.9 Å². The number of benzene rings is 2. The molecule has 1 heterocycles. The molecule has 1 N–H and O–H groups in total. The Morgan fingerprint density at radius 1 is 1.17 bits per heavy atom. The lowest BCUT2D eigenvalue weighted by Crippen LogP contribution is -2.49. The molecule has 0 aliphatic heterocycles. The van der Waals surface area contributed by atoms with Gasteiger partial charge >= 0.3 is 0 Å². The maximum Gasteiger partial charge on any atom is 0.280 e. The molecule has 6 nitrogen and oxygen atoms in total. The number of aromatic nitrogens is 2. The largest absolute Gasteiger partial charge is 0.349 e. The van der Waals surface area contributed by atoms with E-state index in [0.29, 0.717) is 10.6 Å². The maximum absolute atomic E-state index is 14.0. The van der Waals surface area contributed by atoms with Crippen LogP contribution >= 0.6 is 23.1 Å². The molecule has 2 aromatic carbocycles. The lowest BCUT2D eigenvalue weighted by Gasteiger charge is -2.33. The first-order valence-electron chi connectivity index (χ1n) is 9.09. The Hall–Kier alpha value is -2.84. The monoisotopic (exact) mass is 446 g/mol. The predicted octanol–water partition coefficient (Wildman–Crippen LogP) is 4.63. The third-order valence-corrected chi connectivity index (χ3v) is 4.83. The van der Waals surface area contributed by atoms with Crippen molar-refractivity contribution < 1.29 is 14.0 Å². The van der Waals surface area contributed by atoms with Crippen LogP contribution in [-0.4, -0.2) is 26.9 Å². The predicted molar refractivity (Wildman–Crippen MR) is 115 cm³/mol. The van der Waals surface area contributed by atoms with Crippen molar-refractivity contribution >= 4 is 40.6 Å². The number of hydrogen-bond donors (Lipinski definition) is 1. The molecule has 0 aliphatic carbocycles. The summed E-state index contributed by atoms with van der Waals surface area (Å²) in [5, 5.41) is 8.71. The van der Waals surface area contributed by atoms with Crippen LogP contribution in [0, 0.1) is 5.82 Å². The molecule has 9 heteroatoms. The first kappa shape index (κ1) is 21.9. The van der Waals surface area contributed by atoms with Crippen molar-refractivity contribution in [2.24, 2.45) is 0 Å². The highest BCUT2D eigenvalue weighted by Crippen LogP contribution is 2.31. The van der Waals surface area contributed by atoms with Gasteiger partial charge in [0, 0.05) is 21.6 Å². The van der Waals surface area contributed by atoms with Crippen molar-refractivity contribution in [3.63, 3.8) is 0 Å². The van der Waals surface area contributed by atoms with E-state index < -0.39 is 29.2 Å². The normalized spacial score (nSPS) is 12.3. The molecule has 1 aromatic heterocycles. The van der Waals surface area contributed by atoms with Crippen molar-refractivity contribution in [2.75, 3.05) is 4.90 Å². The van der Waals surface area contributed by atoms with E-state index in [2.05, 4.69) is 14.9 Å². The molecule has 0 unspecified atom stereocenters. The van der Waals surface area contributed by atoms with Gasteiger partial charge in [-0.1, -0.05) is 34.3 Å². The van der Waals surface area contributed by atoms with Crippen molar-refractivity contribution in [3.05, 3.63) is 76.0 Å². The van der Waals surface area contributed by atoms with Gasteiger partial charge in [-0.25, -0.2) is 4.39 Å². The number of rotatable bonds is 5. The standard InChI is InChI=1S/C21H20ClFN4O2S/c1-21(2,3)24-19(28)18(13-7-9-14(22)10-8-13)27(16-6-4-5-15(23)11-16)20(29)17-12-30-26-25-17/h4-12,18H,1-3H3,(H,24,28)/t18-/m0/s1. The lowest BCUT2D eigenvalue weighted by atomic mass is 10.0. The summed E-state index contributed by atoms with van der Waals surface area (Å²) in [6, 6.07) is 11.0. The minimum Gasteiger partial charge on any atom is -0.349 e. The molecule has 2 amide bonds. The summed E-state index contributed by atoms with van der Waals surface area (Å²) >= 11 is 7.03. The van der Waals surface area contributed by atoms with E-state index in [4.69, 9.17) is 11.6 Å². The fourth-order valence-electron chi connectivity index (χ4n) is 2.89. The van der Waals surface area contributed by atoms with Gasteiger partial charge in [-0.2, -0.15) is 0 Å². The fraction of sp³-hybridized carbons (Fsp3) is 0.238. The van der Waals surface area contributed by atoms with Crippen LogP contribution in [0.5, 0.6) is 0 Å². The molecule has 0 fully saturated rings. The number of hydrogen-bond acceptors (Lipinski definition) is 5. The molecule has 0 saturated heterocycles. The van der Waals surface area contributed by atoms with Crippen LogP contribution in [0.15, 0.2) is 53.9 Å². The Kier molecular flexibility index (Phi) is 6.48. The molecule has 3 rings (SSSR count). The van der Waals surface area contributed by atoms with Crippen LogP contribution in [0.4, 0.5) is 10.1 Å². The maximum atomic E-state index is 14.0.